The van der Waals surface area contributed by atoms with Crippen molar-refractivity contribution in [2.75, 3.05) is 18.0 Å². The van der Waals surface area contributed by atoms with Gasteiger partial charge >= 0.3 is 5.16 Å². The Balaban J connectivity index is 2.88. The number of hydrogen-bond acceptors (Lipinski definition) is 3. The highest BCUT2D eigenvalue weighted by atomic mass is 35.5. The Morgan fingerprint density at radius 2 is 1.88 bits per heavy atom. The standard InChI is InChI=1S/C12H15ClN2O2/c1-3-14(4-2)11-7-5-10(6-8-11)9-12(13)15(16)17/h5-9H,3-4H2,1-2H3. The topological polar surface area (TPSA) is 46.4 Å². The van der Waals surface area contributed by atoms with Crippen molar-refractivity contribution in [2.24, 2.45) is 0 Å². The van der Waals surface area contributed by atoms with Crippen LogP contribution < -0.4 is 4.90 Å². The average molecular weight is 255 g/mol. The van der Waals surface area contributed by atoms with Gasteiger partial charge in [0, 0.05) is 24.9 Å². The van der Waals surface area contributed by atoms with Crippen LogP contribution in [0.1, 0.15) is 19.4 Å². The van der Waals surface area contributed by atoms with Crippen LogP contribution in [0, 0.1) is 10.1 Å². The van der Waals surface area contributed by atoms with Crippen LogP contribution >= 0.6 is 11.6 Å². The Morgan fingerprint density at radius 1 is 1.35 bits per heavy atom. The van der Waals surface area contributed by atoms with E-state index in [0.29, 0.717) is 0 Å². The van der Waals surface area contributed by atoms with E-state index in [-0.39, 0.29) is 5.16 Å². The molecular weight excluding hydrogens is 240 g/mol. The van der Waals surface area contributed by atoms with Gasteiger partial charge < -0.3 is 4.90 Å². The Kier molecular flexibility index (Phi) is 4.97. The Labute approximate surface area is 106 Å². The summed E-state index contributed by atoms with van der Waals surface area (Å²) in [7, 11) is 0. The minimum atomic E-state index is -0.611. The molecule has 0 N–H and O–H groups in total. The second kappa shape index (κ2) is 6.25. The van der Waals surface area contributed by atoms with E-state index in [1.165, 1.54) is 6.08 Å². The lowest BCUT2D eigenvalue weighted by Crippen LogP contribution is -2.21. The molecule has 0 bridgehead atoms. The number of halogens is 1. The van der Waals surface area contributed by atoms with E-state index in [9.17, 15) is 10.1 Å². The first-order chi connectivity index (χ1) is 8.08. The molecule has 5 heteroatoms. The van der Waals surface area contributed by atoms with E-state index >= 15 is 0 Å². The average Bonchev–Trinajstić information content (AvgIpc) is 2.32. The van der Waals surface area contributed by atoms with E-state index in [1.807, 2.05) is 24.3 Å². The summed E-state index contributed by atoms with van der Waals surface area (Å²) >= 11 is 5.46. The third-order valence-corrected chi connectivity index (χ3v) is 2.73. The van der Waals surface area contributed by atoms with Crippen LogP contribution in [0.25, 0.3) is 6.08 Å². The summed E-state index contributed by atoms with van der Waals surface area (Å²) in [6, 6.07) is 7.50. The van der Waals surface area contributed by atoms with Gasteiger partial charge in [0.05, 0.1) is 4.92 Å². The van der Waals surface area contributed by atoms with Gasteiger partial charge in [0.2, 0.25) is 0 Å². The Morgan fingerprint density at radius 3 is 2.29 bits per heavy atom. The van der Waals surface area contributed by atoms with Crippen molar-refractivity contribution in [3.8, 4) is 0 Å². The molecule has 4 nitrogen and oxygen atoms in total. The minimum Gasteiger partial charge on any atom is -0.372 e. The first kappa shape index (κ1) is 13.5. The van der Waals surface area contributed by atoms with Gasteiger partial charge in [0.25, 0.3) is 0 Å². The van der Waals surface area contributed by atoms with Crippen molar-refractivity contribution in [3.63, 3.8) is 0 Å². The van der Waals surface area contributed by atoms with Crippen LogP contribution in [0.3, 0.4) is 0 Å². The van der Waals surface area contributed by atoms with E-state index < -0.39 is 4.92 Å². The smallest absolute Gasteiger partial charge is 0.337 e. The van der Waals surface area contributed by atoms with Crippen molar-refractivity contribution in [1.29, 1.82) is 0 Å². The zero-order chi connectivity index (χ0) is 12.8. The summed E-state index contributed by atoms with van der Waals surface area (Å²) in [5.41, 5.74) is 1.83. The molecular formula is C12H15ClN2O2. The largest absolute Gasteiger partial charge is 0.372 e. The first-order valence-corrected chi connectivity index (χ1v) is 5.82. The molecule has 0 spiro atoms. The molecule has 0 aromatic heterocycles. The third-order valence-electron chi connectivity index (χ3n) is 2.48. The van der Waals surface area contributed by atoms with Crippen LogP contribution in [0.15, 0.2) is 29.4 Å². The van der Waals surface area contributed by atoms with Crippen molar-refractivity contribution in [1.82, 2.24) is 0 Å². The predicted octanol–water partition coefficient (Wildman–Crippen LogP) is 3.35. The number of hydrogen-bond donors (Lipinski definition) is 0. The lowest BCUT2D eigenvalue weighted by atomic mass is 10.2. The van der Waals surface area contributed by atoms with Gasteiger partial charge in [-0.3, -0.25) is 10.1 Å². The Hall–Kier alpha value is -1.55. The molecule has 0 radical (unpaired) electrons. The minimum absolute atomic E-state index is 0.374. The zero-order valence-corrected chi connectivity index (χ0v) is 10.6. The number of nitro groups is 1. The lowest BCUT2D eigenvalue weighted by molar-refractivity contribution is -0.410. The number of anilines is 1. The van der Waals surface area contributed by atoms with Gasteiger partial charge in [-0.15, -0.1) is 0 Å². The fraction of sp³-hybridized carbons (Fsp3) is 0.333. The second-order valence-corrected chi connectivity index (χ2v) is 3.88. The molecule has 0 saturated heterocycles. The van der Waals surface area contributed by atoms with Crippen molar-refractivity contribution >= 4 is 23.4 Å². The molecule has 17 heavy (non-hydrogen) atoms. The predicted molar refractivity (Wildman–Crippen MR) is 70.8 cm³/mol. The van der Waals surface area contributed by atoms with Gasteiger partial charge in [-0.1, -0.05) is 12.1 Å². The fourth-order valence-electron chi connectivity index (χ4n) is 1.56. The summed E-state index contributed by atoms with van der Waals surface area (Å²) < 4.78 is 0. The number of nitrogens with zero attached hydrogens (tertiary/aromatic N) is 2. The molecule has 1 aromatic rings. The second-order valence-electron chi connectivity index (χ2n) is 3.49. The van der Waals surface area contributed by atoms with E-state index in [1.54, 1.807) is 0 Å². The van der Waals surface area contributed by atoms with Crippen LogP contribution in [0.2, 0.25) is 0 Å². The normalized spacial score (nSPS) is 11.4. The highest BCUT2D eigenvalue weighted by Crippen LogP contribution is 2.17. The van der Waals surface area contributed by atoms with Crippen LogP contribution in [0.4, 0.5) is 5.69 Å². The summed E-state index contributed by atoms with van der Waals surface area (Å²) in [6.45, 7) is 6.03. The fourth-order valence-corrected chi connectivity index (χ4v) is 1.69. The SMILES string of the molecule is CCN(CC)c1ccc(C=C(Cl)[N+](=O)[O-])cc1. The molecule has 0 heterocycles. The van der Waals surface area contributed by atoms with Crippen LogP contribution in [-0.4, -0.2) is 18.0 Å². The molecule has 0 aliphatic rings. The highest BCUT2D eigenvalue weighted by molar-refractivity contribution is 6.29. The summed E-state index contributed by atoms with van der Waals surface area (Å²) in [5, 5.41) is 9.99. The molecule has 1 rings (SSSR count). The van der Waals surface area contributed by atoms with Crippen molar-refractivity contribution < 1.29 is 4.92 Å². The lowest BCUT2D eigenvalue weighted by Gasteiger charge is -2.20. The summed E-state index contributed by atoms with van der Waals surface area (Å²) in [5.74, 6) is 0. The molecule has 0 atom stereocenters. The molecule has 0 aliphatic carbocycles. The van der Waals surface area contributed by atoms with Crippen molar-refractivity contribution in [2.45, 2.75) is 13.8 Å². The summed E-state index contributed by atoms with van der Waals surface area (Å²) in [4.78, 5) is 12.0. The van der Waals surface area contributed by atoms with Crippen molar-refractivity contribution in [3.05, 3.63) is 45.1 Å². The maximum atomic E-state index is 10.4. The maximum absolute atomic E-state index is 10.4. The molecule has 0 aliphatic heterocycles. The van der Waals surface area contributed by atoms with Gasteiger partial charge in [-0.2, -0.15) is 0 Å². The monoisotopic (exact) mass is 254 g/mol. The molecule has 92 valence electrons. The van der Waals surface area contributed by atoms with E-state index in [2.05, 4.69) is 18.7 Å². The third kappa shape index (κ3) is 3.75. The van der Waals surface area contributed by atoms with E-state index in [0.717, 1.165) is 24.3 Å². The van der Waals surface area contributed by atoms with Crippen LogP contribution in [0.5, 0.6) is 0 Å². The number of rotatable bonds is 5. The maximum Gasteiger partial charge on any atom is 0.337 e. The molecule has 1 aromatic carbocycles. The van der Waals surface area contributed by atoms with Gasteiger partial charge in [-0.25, -0.2) is 0 Å². The molecule has 0 unspecified atom stereocenters. The van der Waals surface area contributed by atoms with E-state index in [4.69, 9.17) is 11.6 Å². The molecule has 0 saturated carbocycles. The molecule has 0 amide bonds. The summed E-state index contributed by atoms with van der Waals surface area (Å²) in [6.07, 6.45) is 1.34. The van der Waals surface area contributed by atoms with Gasteiger partial charge in [-0.05, 0) is 43.1 Å². The van der Waals surface area contributed by atoms with Gasteiger partial charge in [0.1, 0.15) is 0 Å². The highest BCUT2D eigenvalue weighted by Gasteiger charge is 2.06. The molecule has 0 fully saturated rings. The zero-order valence-electron chi connectivity index (χ0n) is 9.89. The van der Waals surface area contributed by atoms with Crippen LogP contribution in [-0.2, 0) is 0 Å². The first-order valence-electron chi connectivity index (χ1n) is 5.45. The quantitative estimate of drug-likeness (QED) is 0.460. The van der Waals surface area contributed by atoms with Gasteiger partial charge in [0.15, 0.2) is 0 Å². The number of benzene rings is 1. The Bertz CT molecular complexity index is 411.